The zero-order valence-electron chi connectivity index (χ0n) is 12.9. The Balaban J connectivity index is 2.15. The van der Waals surface area contributed by atoms with Gasteiger partial charge in [0.15, 0.2) is 0 Å². The predicted octanol–water partition coefficient (Wildman–Crippen LogP) is 1.85. The van der Waals surface area contributed by atoms with Crippen molar-refractivity contribution in [1.82, 2.24) is 15.2 Å². The van der Waals surface area contributed by atoms with Crippen molar-refractivity contribution in [2.75, 3.05) is 13.1 Å². The van der Waals surface area contributed by atoms with E-state index in [4.69, 9.17) is 0 Å². The van der Waals surface area contributed by atoms with Crippen molar-refractivity contribution < 1.29 is 9.59 Å². The van der Waals surface area contributed by atoms with Gasteiger partial charge in [0.1, 0.15) is 5.54 Å². The van der Waals surface area contributed by atoms with Crippen molar-refractivity contribution in [2.24, 2.45) is 5.92 Å². The normalized spacial score (nSPS) is 21.6. The van der Waals surface area contributed by atoms with Crippen LogP contribution in [0.15, 0.2) is 24.5 Å². The Morgan fingerprint density at radius 2 is 2.05 bits per heavy atom. The summed E-state index contributed by atoms with van der Waals surface area (Å²) in [5.41, 5.74) is -0.176. The number of pyridine rings is 1. The standard InChI is InChI=1S/C16H23N3O2/c1-12(2)11-18-15(21)16(3)7-4-10-19(16)14(20)13-5-8-17-9-6-13/h5-6,8-9,12H,4,7,10-11H2,1-3H3,(H,18,21). The third-order valence-corrected chi connectivity index (χ3v) is 3.97. The summed E-state index contributed by atoms with van der Waals surface area (Å²) < 4.78 is 0. The maximum Gasteiger partial charge on any atom is 0.254 e. The minimum atomic E-state index is -0.755. The fraction of sp³-hybridized carbons (Fsp3) is 0.562. The smallest absolute Gasteiger partial charge is 0.254 e. The van der Waals surface area contributed by atoms with E-state index in [2.05, 4.69) is 24.1 Å². The summed E-state index contributed by atoms with van der Waals surface area (Å²) in [5.74, 6) is 0.233. The van der Waals surface area contributed by atoms with Crippen molar-refractivity contribution in [1.29, 1.82) is 0 Å². The zero-order chi connectivity index (χ0) is 15.5. The second kappa shape index (κ2) is 6.24. The van der Waals surface area contributed by atoms with Crippen LogP contribution in [0.1, 0.15) is 44.0 Å². The number of likely N-dealkylation sites (tertiary alicyclic amines) is 1. The number of amides is 2. The zero-order valence-corrected chi connectivity index (χ0v) is 12.9. The van der Waals surface area contributed by atoms with Crippen LogP contribution in [0.2, 0.25) is 0 Å². The molecule has 0 radical (unpaired) electrons. The molecule has 1 N–H and O–H groups in total. The minimum absolute atomic E-state index is 0.0592. The molecule has 2 rings (SSSR count). The minimum Gasteiger partial charge on any atom is -0.354 e. The SMILES string of the molecule is CC(C)CNC(=O)C1(C)CCCN1C(=O)c1ccncc1. The Morgan fingerprint density at radius 3 is 2.67 bits per heavy atom. The number of carbonyl (C=O) groups excluding carboxylic acids is 2. The molecule has 2 heterocycles. The van der Waals surface area contributed by atoms with Crippen LogP contribution in [0.4, 0.5) is 0 Å². The van der Waals surface area contributed by atoms with Crippen LogP contribution in [0, 0.1) is 5.92 Å². The molecule has 1 aromatic rings. The summed E-state index contributed by atoms with van der Waals surface area (Å²) >= 11 is 0. The lowest BCUT2D eigenvalue weighted by Crippen LogP contribution is -2.55. The monoisotopic (exact) mass is 289 g/mol. The van der Waals surface area contributed by atoms with Gasteiger partial charge in [-0.25, -0.2) is 0 Å². The Kier molecular flexibility index (Phi) is 4.60. The van der Waals surface area contributed by atoms with Crippen LogP contribution >= 0.6 is 0 Å². The molecule has 0 bridgehead atoms. The number of hydrogen-bond donors (Lipinski definition) is 1. The number of carbonyl (C=O) groups is 2. The highest BCUT2D eigenvalue weighted by atomic mass is 16.2. The van der Waals surface area contributed by atoms with Crippen molar-refractivity contribution in [3.05, 3.63) is 30.1 Å². The summed E-state index contributed by atoms with van der Waals surface area (Å²) in [6.45, 7) is 7.21. The summed E-state index contributed by atoms with van der Waals surface area (Å²) in [5, 5.41) is 2.96. The largest absolute Gasteiger partial charge is 0.354 e. The molecular weight excluding hydrogens is 266 g/mol. The van der Waals surface area contributed by atoms with Crippen LogP contribution in [0.3, 0.4) is 0 Å². The maximum absolute atomic E-state index is 12.6. The average Bonchev–Trinajstić information content (AvgIpc) is 2.88. The molecule has 114 valence electrons. The van der Waals surface area contributed by atoms with Gasteiger partial charge >= 0.3 is 0 Å². The van der Waals surface area contributed by atoms with Crippen molar-refractivity contribution in [3.8, 4) is 0 Å². The molecule has 0 aliphatic carbocycles. The lowest BCUT2D eigenvalue weighted by molar-refractivity contribution is -0.130. The number of hydrogen-bond acceptors (Lipinski definition) is 3. The fourth-order valence-corrected chi connectivity index (χ4v) is 2.66. The van der Waals surface area contributed by atoms with Crippen molar-refractivity contribution >= 4 is 11.8 Å². The molecule has 0 saturated carbocycles. The molecule has 5 nitrogen and oxygen atoms in total. The van der Waals surface area contributed by atoms with Crippen LogP contribution in [-0.4, -0.2) is 40.3 Å². The summed E-state index contributed by atoms with van der Waals surface area (Å²) in [4.78, 5) is 30.7. The van der Waals surface area contributed by atoms with E-state index in [1.54, 1.807) is 29.4 Å². The average molecular weight is 289 g/mol. The molecule has 5 heteroatoms. The molecule has 21 heavy (non-hydrogen) atoms. The van der Waals surface area contributed by atoms with Gasteiger partial charge in [-0.1, -0.05) is 13.8 Å². The molecule has 1 atom stereocenters. The van der Waals surface area contributed by atoms with Crippen LogP contribution in [0.5, 0.6) is 0 Å². The number of nitrogens with zero attached hydrogens (tertiary/aromatic N) is 2. The van der Waals surface area contributed by atoms with Crippen LogP contribution in [-0.2, 0) is 4.79 Å². The van der Waals surface area contributed by atoms with E-state index in [1.165, 1.54) is 0 Å². The summed E-state index contributed by atoms with van der Waals surface area (Å²) in [7, 11) is 0. The van der Waals surface area contributed by atoms with E-state index in [0.717, 1.165) is 6.42 Å². The molecule has 1 aliphatic rings. The topological polar surface area (TPSA) is 62.3 Å². The second-order valence-corrected chi connectivity index (χ2v) is 6.17. The van der Waals surface area contributed by atoms with Gasteiger partial charge in [0.2, 0.25) is 5.91 Å². The number of rotatable bonds is 4. The van der Waals surface area contributed by atoms with E-state index in [0.29, 0.717) is 31.0 Å². The first kappa shape index (κ1) is 15.5. The quantitative estimate of drug-likeness (QED) is 0.920. The first-order chi connectivity index (χ1) is 9.95. The van der Waals surface area contributed by atoms with Crippen molar-refractivity contribution in [2.45, 2.75) is 39.2 Å². The van der Waals surface area contributed by atoms with Crippen LogP contribution < -0.4 is 5.32 Å². The van der Waals surface area contributed by atoms with Crippen LogP contribution in [0.25, 0.3) is 0 Å². The predicted molar refractivity (Wildman–Crippen MR) is 80.8 cm³/mol. The van der Waals surface area contributed by atoms with Gasteiger partial charge in [0.05, 0.1) is 0 Å². The van der Waals surface area contributed by atoms with Gasteiger partial charge in [-0.05, 0) is 37.8 Å². The highest BCUT2D eigenvalue weighted by Crippen LogP contribution is 2.30. The number of nitrogens with one attached hydrogen (secondary N) is 1. The van der Waals surface area contributed by atoms with E-state index >= 15 is 0 Å². The molecule has 1 unspecified atom stereocenters. The Bertz CT molecular complexity index is 516. The third-order valence-electron chi connectivity index (χ3n) is 3.97. The highest BCUT2D eigenvalue weighted by Gasteiger charge is 2.45. The molecule has 1 saturated heterocycles. The van der Waals surface area contributed by atoms with E-state index in [-0.39, 0.29) is 11.8 Å². The Hall–Kier alpha value is -1.91. The molecule has 1 aliphatic heterocycles. The van der Waals surface area contributed by atoms with Gasteiger partial charge in [0.25, 0.3) is 5.91 Å². The van der Waals surface area contributed by atoms with Gasteiger partial charge in [-0.2, -0.15) is 0 Å². The second-order valence-electron chi connectivity index (χ2n) is 6.17. The van der Waals surface area contributed by atoms with Gasteiger partial charge in [-0.15, -0.1) is 0 Å². The number of aromatic nitrogens is 1. The summed E-state index contributed by atoms with van der Waals surface area (Å²) in [6, 6.07) is 3.38. The lowest BCUT2D eigenvalue weighted by atomic mass is 9.96. The molecule has 2 amide bonds. The van der Waals surface area contributed by atoms with Gasteiger partial charge < -0.3 is 10.2 Å². The molecule has 0 spiro atoms. The Labute approximate surface area is 125 Å². The van der Waals surface area contributed by atoms with E-state index in [1.807, 2.05) is 6.92 Å². The van der Waals surface area contributed by atoms with Gasteiger partial charge in [-0.3, -0.25) is 14.6 Å². The molecule has 1 fully saturated rings. The van der Waals surface area contributed by atoms with Crippen molar-refractivity contribution in [3.63, 3.8) is 0 Å². The molecule has 0 aromatic carbocycles. The Morgan fingerprint density at radius 1 is 1.38 bits per heavy atom. The van der Waals surface area contributed by atoms with Gasteiger partial charge in [0, 0.05) is 31.0 Å². The first-order valence-corrected chi connectivity index (χ1v) is 7.45. The van der Waals surface area contributed by atoms with E-state index < -0.39 is 5.54 Å². The third kappa shape index (κ3) is 3.23. The molecule has 1 aromatic heterocycles. The summed E-state index contributed by atoms with van der Waals surface area (Å²) in [6.07, 6.45) is 4.75. The fourth-order valence-electron chi connectivity index (χ4n) is 2.66. The molecular formula is C16H23N3O2. The maximum atomic E-state index is 12.6. The lowest BCUT2D eigenvalue weighted by Gasteiger charge is -2.34. The van der Waals surface area contributed by atoms with E-state index in [9.17, 15) is 9.59 Å². The first-order valence-electron chi connectivity index (χ1n) is 7.45. The highest BCUT2D eigenvalue weighted by molar-refractivity contribution is 5.99.